The van der Waals surface area contributed by atoms with Gasteiger partial charge in [0.25, 0.3) is 0 Å². The van der Waals surface area contributed by atoms with Gasteiger partial charge in [0, 0.05) is 12.1 Å². The Hall–Kier alpha value is -2.82. The van der Waals surface area contributed by atoms with Gasteiger partial charge in [-0.1, -0.05) is 6.07 Å². The van der Waals surface area contributed by atoms with Crippen molar-refractivity contribution in [2.24, 2.45) is 0 Å². The van der Waals surface area contributed by atoms with Gasteiger partial charge < -0.3 is 14.8 Å². The Bertz CT molecular complexity index is 653. The van der Waals surface area contributed by atoms with Crippen molar-refractivity contribution in [1.82, 2.24) is 0 Å². The maximum absolute atomic E-state index is 11.8. The molecule has 1 aromatic heterocycles. The van der Waals surface area contributed by atoms with Gasteiger partial charge in [0.1, 0.15) is 5.69 Å². The van der Waals surface area contributed by atoms with Gasteiger partial charge in [0.2, 0.25) is 12.7 Å². The Morgan fingerprint density at radius 3 is 3.00 bits per heavy atom. The van der Waals surface area contributed by atoms with Crippen LogP contribution in [0.1, 0.15) is 5.56 Å². The normalized spacial score (nSPS) is 12.6. The summed E-state index contributed by atoms with van der Waals surface area (Å²) in [7, 11) is 0. The molecule has 1 amide bonds. The van der Waals surface area contributed by atoms with E-state index in [1.54, 1.807) is 18.5 Å². The van der Waals surface area contributed by atoms with Crippen LogP contribution in [0.2, 0.25) is 0 Å². The number of hydrogen-bond donors (Lipinski definition) is 1. The highest BCUT2D eigenvalue weighted by Crippen LogP contribution is 2.32. The lowest BCUT2D eigenvalue weighted by atomic mass is 10.2. The molecule has 0 saturated heterocycles. The number of carbonyl (C=O) groups excluding carboxylic acids is 1. The van der Waals surface area contributed by atoms with Crippen LogP contribution in [-0.2, 0) is 4.79 Å². The minimum atomic E-state index is -0.192. The Labute approximate surface area is 115 Å². The molecule has 1 aliphatic rings. The van der Waals surface area contributed by atoms with Gasteiger partial charge in [-0.3, -0.25) is 4.79 Å². The first-order chi connectivity index (χ1) is 9.81. The molecular weight excluding hydrogens is 256 g/mol. The van der Waals surface area contributed by atoms with Crippen molar-refractivity contribution in [3.63, 3.8) is 0 Å². The number of aromatic nitrogens is 1. The molecule has 3 rings (SSSR count). The first-order valence-corrected chi connectivity index (χ1v) is 6.16. The van der Waals surface area contributed by atoms with Gasteiger partial charge in [-0.15, -0.1) is 0 Å². The number of aromatic amines is 1. The summed E-state index contributed by atoms with van der Waals surface area (Å²) in [6.07, 6.45) is 6.69. The highest BCUT2D eigenvalue weighted by molar-refractivity contribution is 6.01. The number of benzene rings is 1. The highest BCUT2D eigenvalue weighted by atomic mass is 16.7. The number of carbonyl (C=O) groups is 1. The molecular formula is C15H13N2O3+. The molecule has 0 spiro atoms. The average molecular weight is 269 g/mol. The van der Waals surface area contributed by atoms with Crippen LogP contribution in [0.4, 0.5) is 5.69 Å². The van der Waals surface area contributed by atoms with E-state index in [2.05, 4.69) is 10.3 Å². The monoisotopic (exact) mass is 269 g/mol. The van der Waals surface area contributed by atoms with Crippen molar-refractivity contribution in [2.75, 3.05) is 12.1 Å². The Morgan fingerprint density at radius 1 is 1.25 bits per heavy atom. The van der Waals surface area contributed by atoms with E-state index >= 15 is 0 Å². The number of pyridine rings is 1. The fourth-order valence-corrected chi connectivity index (χ4v) is 1.84. The van der Waals surface area contributed by atoms with E-state index in [1.807, 2.05) is 30.3 Å². The third kappa shape index (κ3) is 2.77. The zero-order valence-corrected chi connectivity index (χ0v) is 10.6. The molecule has 0 aliphatic carbocycles. The Balaban J connectivity index is 1.66. The Morgan fingerprint density at radius 2 is 2.15 bits per heavy atom. The van der Waals surface area contributed by atoms with E-state index in [1.165, 1.54) is 6.08 Å². The van der Waals surface area contributed by atoms with Crippen molar-refractivity contribution in [3.05, 3.63) is 54.4 Å². The lowest BCUT2D eigenvalue weighted by Crippen LogP contribution is -2.10. The highest BCUT2D eigenvalue weighted by Gasteiger charge is 2.12. The molecule has 2 heterocycles. The number of rotatable bonds is 3. The molecule has 5 heteroatoms. The maximum atomic E-state index is 11.8. The lowest BCUT2D eigenvalue weighted by molar-refractivity contribution is -0.377. The predicted molar refractivity (Wildman–Crippen MR) is 73.2 cm³/mol. The van der Waals surface area contributed by atoms with Crippen molar-refractivity contribution < 1.29 is 19.3 Å². The standard InChI is InChI=1S/C15H12N2O3/c18-15(17-12-2-1-7-16-9-12)6-4-11-3-5-13-14(8-11)20-10-19-13/h1-9H,10H2,(H,17,18)/p+1. The van der Waals surface area contributed by atoms with Gasteiger partial charge >= 0.3 is 0 Å². The topological polar surface area (TPSA) is 61.7 Å². The zero-order chi connectivity index (χ0) is 13.8. The van der Waals surface area contributed by atoms with E-state index in [0.29, 0.717) is 11.4 Å². The molecule has 0 atom stereocenters. The van der Waals surface area contributed by atoms with Gasteiger partial charge in [-0.2, -0.15) is 0 Å². The smallest absolute Gasteiger partial charge is 0.248 e. The molecule has 2 N–H and O–H groups in total. The number of amides is 1. The van der Waals surface area contributed by atoms with E-state index in [0.717, 1.165) is 11.3 Å². The number of H-pyrrole nitrogens is 1. The number of ether oxygens (including phenoxy) is 2. The minimum Gasteiger partial charge on any atom is -0.454 e. The summed E-state index contributed by atoms with van der Waals surface area (Å²) in [4.78, 5) is 14.7. The number of hydrogen-bond acceptors (Lipinski definition) is 3. The zero-order valence-electron chi connectivity index (χ0n) is 10.6. The van der Waals surface area contributed by atoms with Crippen LogP contribution in [0.25, 0.3) is 6.08 Å². The number of nitrogens with one attached hydrogen (secondary N) is 2. The average Bonchev–Trinajstić information content (AvgIpc) is 2.93. The summed E-state index contributed by atoms with van der Waals surface area (Å²) in [5.41, 5.74) is 1.59. The quantitative estimate of drug-likeness (QED) is 0.865. The van der Waals surface area contributed by atoms with Gasteiger partial charge in [0.05, 0.1) is 0 Å². The molecule has 0 radical (unpaired) electrons. The largest absolute Gasteiger partial charge is 0.454 e. The fourth-order valence-electron chi connectivity index (χ4n) is 1.84. The van der Waals surface area contributed by atoms with Crippen LogP contribution in [0.3, 0.4) is 0 Å². The first kappa shape index (κ1) is 12.2. The summed E-state index contributed by atoms with van der Waals surface area (Å²) >= 11 is 0. The molecule has 0 saturated carbocycles. The van der Waals surface area contributed by atoms with E-state index in [4.69, 9.17) is 9.47 Å². The van der Waals surface area contributed by atoms with Gasteiger partial charge in [-0.05, 0) is 29.8 Å². The van der Waals surface area contributed by atoms with E-state index in [9.17, 15) is 4.79 Å². The number of fused-ring (bicyclic) bond motifs is 1. The summed E-state index contributed by atoms with van der Waals surface area (Å²) in [6, 6.07) is 9.15. The first-order valence-electron chi connectivity index (χ1n) is 6.16. The maximum Gasteiger partial charge on any atom is 0.248 e. The molecule has 0 bridgehead atoms. The van der Waals surface area contributed by atoms with E-state index < -0.39 is 0 Å². The molecule has 5 nitrogen and oxygen atoms in total. The second-order valence-electron chi connectivity index (χ2n) is 4.23. The third-order valence-electron chi connectivity index (χ3n) is 2.80. The van der Waals surface area contributed by atoms with Crippen LogP contribution in [0.15, 0.2) is 48.8 Å². The van der Waals surface area contributed by atoms with Gasteiger partial charge in [-0.25, -0.2) is 4.98 Å². The predicted octanol–water partition coefficient (Wildman–Crippen LogP) is 1.88. The summed E-state index contributed by atoms with van der Waals surface area (Å²) in [6.45, 7) is 0.244. The molecule has 20 heavy (non-hydrogen) atoms. The second kappa shape index (κ2) is 5.44. The molecule has 1 aliphatic heterocycles. The van der Waals surface area contributed by atoms with Crippen molar-refractivity contribution in [2.45, 2.75) is 0 Å². The Kier molecular flexibility index (Phi) is 3.33. The summed E-state index contributed by atoms with van der Waals surface area (Å²) < 4.78 is 10.5. The minimum absolute atomic E-state index is 0.192. The second-order valence-corrected chi connectivity index (χ2v) is 4.23. The summed E-state index contributed by atoms with van der Waals surface area (Å²) in [5, 5.41) is 2.75. The van der Waals surface area contributed by atoms with Crippen LogP contribution >= 0.6 is 0 Å². The summed E-state index contributed by atoms with van der Waals surface area (Å²) in [5.74, 6) is 1.24. The molecule has 100 valence electrons. The molecule has 1 aromatic carbocycles. The van der Waals surface area contributed by atoms with Crippen LogP contribution in [-0.4, -0.2) is 12.7 Å². The molecule has 2 aromatic rings. The van der Waals surface area contributed by atoms with Crippen LogP contribution in [0.5, 0.6) is 11.5 Å². The SMILES string of the molecule is O=C(C=Cc1ccc2c(c1)OCO2)Nc1ccc[nH+]c1. The molecule has 0 unspecified atom stereocenters. The van der Waals surface area contributed by atoms with Crippen LogP contribution < -0.4 is 19.8 Å². The van der Waals surface area contributed by atoms with Crippen molar-refractivity contribution in [3.8, 4) is 11.5 Å². The van der Waals surface area contributed by atoms with E-state index in [-0.39, 0.29) is 12.7 Å². The van der Waals surface area contributed by atoms with Crippen molar-refractivity contribution in [1.29, 1.82) is 0 Å². The third-order valence-corrected chi connectivity index (χ3v) is 2.80. The number of anilines is 1. The van der Waals surface area contributed by atoms with Crippen molar-refractivity contribution >= 4 is 17.7 Å². The molecule has 0 fully saturated rings. The fraction of sp³-hybridized carbons (Fsp3) is 0.0667. The lowest BCUT2D eigenvalue weighted by Gasteiger charge is -1.99. The van der Waals surface area contributed by atoms with Crippen LogP contribution in [0, 0.1) is 0 Å². The van der Waals surface area contributed by atoms with Gasteiger partial charge in [0.15, 0.2) is 23.9 Å².